The van der Waals surface area contributed by atoms with Crippen molar-refractivity contribution in [1.29, 1.82) is 0 Å². The van der Waals surface area contributed by atoms with Crippen molar-refractivity contribution in [2.75, 3.05) is 24.7 Å². The van der Waals surface area contributed by atoms with Gasteiger partial charge in [0.05, 0.1) is 19.3 Å². The van der Waals surface area contributed by atoms with E-state index in [1.54, 1.807) is 19.2 Å². The number of nitrogens with zero attached hydrogens (tertiary/aromatic N) is 2. The van der Waals surface area contributed by atoms with E-state index in [2.05, 4.69) is 10.3 Å². The van der Waals surface area contributed by atoms with Crippen molar-refractivity contribution in [3.05, 3.63) is 23.9 Å². The van der Waals surface area contributed by atoms with E-state index in [1.165, 1.54) is 0 Å². The fourth-order valence-electron chi connectivity index (χ4n) is 2.47. The largest absolute Gasteiger partial charge is 0.389 e. The molecule has 2 aliphatic rings. The highest BCUT2D eigenvalue weighted by Crippen LogP contribution is 2.23. The number of amides is 1. The van der Waals surface area contributed by atoms with Gasteiger partial charge in [0.1, 0.15) is 11.9 Å². The van der Waals surface area contributed by atoms with Gasteiger partial charge in [0, 0.05) is 18.8 Å². The summed E-state index contributed by atoms with van der Waals surface area (Å²) in [6, 6.07) is 3.61. The lowest BCUT2D eigenvalue weighted by Gasteiger charge is -2.35. The number of hydrogen-bond donors (Lipinski definition) is 2. The number of morpholine rings is 1. The summed E-state index contributed by atoms with van der Waals surface area (Å²) < 4.78 is 5.45. The first-order chi connectivity index (χ1) is 10.1. The molecule has 0 bridgehead atoms. The molecule has 1 aliphatic heterocycles. The number of hydrogen-bond acceptors (Lipinski definition) is 5. The maximum atomic E-state index is 12.3. The summed E-state index contributed by atoms with van der Waals surface area (Å²) in [5.74, 6) is 0.717. The van der Waals surface area contributed by atoms with E-state index < -0.39 is 6.10 Å². The zero-order valence-corrected chi connectivity index (χ0v) is 12.2. The molecule has 6 heteroatoms. The number of aliphatic hydroxyl groups is 1. The van der Waals surface area contributed by atoms with Crippen LogP contribution in [0.2, 0.25) is 0 Å². The Morgan fingerprint density at radius 3 is 3.10 bits per heavy atom. The van der Waals surface area contributed by atoms with E-state index in [1.807, 2.05) is 11.0 Å². The SMILES string of the molecule is C[C@H](O)c1ccnc(N2CCOCC2C(=O)NC2CC2)c1. The van der Waals surface area contributed by atoms with Crippen molar-refractivity contribution in [3.63, 3.8) is 0 Å². The van der Waals surface area contributed by atoms with Crippen LogP contribution in [0.1, 0.15) is 31.4 Å². The average molecular weight is 291 g/mol. The predicted molar refractivity (Wildman–Crippen MR) is 78.0 cm³/mol. The quantitative estimate of drug-likeness (QED) is 0.850. The molecule has 2 heterocycles. The Hall–Kier alpha value is -1.66. The van der Waals surface area contributed by atoms with Crippen LogP contribution in [0.4, 0.5) is 5.82 Å². The summed E-state index contributed by atoms with van der Waals surface area (Å²) in [7, 11) is 0. The number of carbonyl (C=O) groups is 1. The molecular weight excluding hydrogens is 270 g/mol. The van der Waals surface area contributed by atoms with Crippen LogP contribution in [-0.4, -0.2) is 47.8 Å². The number of carbonyl (C=O) groups excluding carboxylic acids is 1. The molecule has 1 amide bonds. The summed E-state index contributed by atoms with van der Waals surface area (Å²) in [6.07, 6.45) is 3.25. The minimum atomic E-state index is -0.550. The van der Waals surface area contributed by atoms with E-state index in [0.29, 0.717) is 31.6 Å². The van der Waals surface area contributed by atoms with Gasteiger partial charge in [-0.1, -0.05) is 0 Å². The number of ether oxygens (including phenoxy) is 1. The topological polar surface area (TPSA) is 74.7 Å². The molecule has 21 heavy (non-hydrogen) atoms. The van der Waals surface area contributed by atoms with Crippen molar-refractivity contribution >= 4 is 11.7 Å². The molecule has 1 unspecified atom stereocenters. The van der Waals surface area contributed by atoms with Gasteiger partial charge in [-0.2, -0.15) is 0 Å². The van der Waals surface area contributed by atoms with Gasteiger partial charge in [-0.3, -0.25) is 4.79 Å². The van der Waals surface area contributed by atoms with Crippen LogP contribution in [0.5, 0.6) is 0 Å². The molecule has 2 fully saturated rings. The van der Waals surface area contributed by atoms with Gasteiger partial charge in [0.15, 0.2) is 0 Å². The molecule has 114 valence electrons. The summed E-state index contributed by atoms with van der Waals surface area (Å²) in [5.41, 5.74) is 0.799. The van der Waals surface area contributed by atoms with Gasteiger partial charge in [-0.25, -0.2) is 4.98 Å². The van der Waals surface area contributed by atoms with Gasteiger partial charge >= 0.3 is 0 Å². The molecule has 0 spiro atoms. The fourth-order valence-corrected chi connectivity index (χ4v) is 2.47. The zero-order chi connectivity index (χ0) is 14.8. The van der Waals surface area contributed by atoms with E-state index in [4.69, 9.17) is 4.74 Å². The second kappa shape index (κ2) is 5.99. The maximum Gasteiger partial charge on any atom is 0.245 e. The third-order valence-electron chi connectivity index (χ3n) is 3.90. The molecule has 0 aromatic carbocycles. The van der Waals surface area contributed by atoms with Crippen LogP contribution in [0.3, 0.4) is 0 Å². The Morgan fingerprint density at radius 2 is 2.38 bits per heavy atom. The standard InChI is InChI=1S/C15H21N3O3/c1-10(19)11-4-5-16-14(8-11)18-6-7-21-9-13(18)15(20)17-12-2-3-12/h4-5,8,10,12-13,19H,2-3,6-7,9H2,1H3,(H,17,20)/t10-,13?/m0/s1. The lowest BCUT2D eigenvalue weighted by molar-refractivity contribution is -0.124. The highest BCUT2D eigenvalue weighted by atomic mass is 16.5. The van der Waals surface area contributed by atoms with E-state index in [-0.39, 0.29) is 11.9 Å². The van der Waals surface area contributed by atoms with Crippen LogP contribution < -0.4 is 10.2 Å². The van der Waals surface area contributed by atoms with Gasteiger partial charge in [0.25, 0.3) is 0 Å². The Bertz CT molecular complexity index is 517. The molecule has 6 nitrogen and oxygen atoms in total. The van der Waals surface area contributed by atoms with Crippen molar-refractivity contribution in [3.8, 4) is 0 Å². The molecule has 1 aliphatic carbocycles. The van der Waals surface area contributed by atoms with Crippen LogP contribution in [0.15, 0.2) is 18.3 Å². The molecule has 1 saturated heterocycles. The highest BCUT2D eigenvalue weighted by Gasteiger charge is 2.33. The summed E-state index contributed by atoms with van der Waals surface area (Å²) in [4.78, 5) is 18.7. The second-order valence-electron chi connectivity index (χ2n) is 5.69. The van der Waals surface area contributed by atoms with Crippen molar-refractivity contribution in [2.24, 2.45) is 0 Å². The molecule has 2 N–H and O–H groups in total. The van der Waals surface area contributed by atoms with Crippen molar-refractivity contribution in [2.45, 2.75) is 38.0 Å². The molecule has 1 saturated carbocycles. The van der Waals surface area contributed by atoms with Gasteiger partial charge in [-0.05, 0) is 37.5 Å². The minimum absolute atomic E-state index is 0.00134. The van der Waals surface area contributed by atoms with Crippen molar-refractivity contribution < 1.29 is 14.6 Å². The molecule has 0 radical (unpaired) electrons. The van der Waals surface area contributed by atoms with Gasteiger partial charge in [-0.15, -0.1) is 0 Å². The Kier molecular flexibility index (Phi) is 4.07. The third-order valence-corrected chi connectivity index (χ3v) is 3.90. The van der Waals surface area contributed by atoms with Crippen LogP contribution >= 0.6 is 0 Å². The third kappa shape index (κ3) is 3.33. The van der Waals surface area contributed by atoms with Gasteiger partial charge < -0.3 is 20.1 Å². The number of nitrogens with one attached hydrogen (secondary N) is 1. The zero-order valence-electron chi connectivity index (χ0n) is 12.2. The normalized spacial score (nSPS) is 23.7. The molecule has 1 aromatic heterocycles. The minimum Gasteiger partial charge on any atom is -0.389 e. The summed E-state index contributed by atoms with van der Waals surface area (Å²) in [5, 5.41) is 12.7. The monoisotopic (exact) mass is 291 g/mol. The number of rotatable bonds is 4. The molecule has 2 atom stereocenters. The van der Waals surface area contributed by atoms with E-state index >= 15 is 0 Å². The number of aliphatic hydroxyl groups excluding tert-OH is 1. The van der Waals surface area contributed by atoms with Crippen LogP contribution in [-0.2, 0) is 9.53 Å². The first-order valence-electron chi connectivity index (χ1n) is 7.44. The Morgan fingerprint density at radius 1 is 1.57 bits per heavy atom. The predicted octanol–water partition coefficient (Wildman–Crippen LogP) is 0.619. The Labute approximate surface area is 124 Å². The van der Waals surface area contributed by atoms with Crippen molar-refractivity contribution in [1.82, 2.24) is 10.3 Å². The van der Waals surface area contributed by atoms with E-state index in [9.17, 15) is 9.90 Å². The van der Waals surface area contributed by atoms with Crippen LogP contribution in [0, 0.1) is 0 Å². The second-order valence-corrected chi connectivity index (χ2v) is 5.69. The molecule has 1 aromatic rings. The first kappa shape index (κ1) is 14.3. The molecular formula is C15H21N3O3. The number of pyridine rings is 1. The lowest BCUT2D eigenvalue weighted by atomic mass is 10.1. The smallest absolute Gasteiger partial charge is 0.245 e. The molecule has 3 rings (SSSR count). The first-order valence-corrected chi connectivity index (χ1v) is 7.44. The van der Waals surface area contributed by atoms with Gasteiger partial charge in [0.2, 0.25) is 5.91 Å². The lowest BCUT2D eigenvalue weighted by Crippen LogP contribution is -2.54. The highest BCUT2D eigenvalue weighted by molar-refractivity contribution is 5.85. The number of aromatic nitrogens is 1. The maximum absolute atomic E-state index is 12.3. The average Bonchev–Trinajstić information content (AvgIpc) is 3.31. The Balaban J connectivity index is 1.79. The van der Waals surface area contributed by atoms with Crippen LogP contribution in [0.25, 0.3) is 0 Å². The number of anilines is 1. The van der Waals surface area contributed by atoms with E-state index in [0.717, 1.165) is 18.4 Å². The summed E-state index contributed by atoms with van der Waals surface area (Å²) in [6.45, 7) is 3.29. The summed E-state index contributed by atoms with van der Waals surface area (Å²) >= 11 is 0. The fraction of sp³-hybridized carbons (Fsp3) is 0.600.